The van der Waals surface area contributed by atoms with E-state index in [4.69, 9.17) is 4.74 Å². The van der Waals surface area contributed by atoms with E-state index >= 15 is 0 Å². The third-order valence-electron chi connectivity index (χ3n) is 5.57. The Morgan fingerprint density at radius 3 is 2.11 bits per heavy atom. The lowest BCUT2D eigenvalue weighted by atomic mass is 9.78. The first-order chi connectivity index (χ1) is 12.4. The van der Waals surface area contributed by atoms with Gasteiger partial charge >= 0.3 is 12.4 Å². The Balaban J connectivity index is 1.67. The smallest absolute Gasteiger partial charge is 0.374 e. The van der Waals surface area contributed by atoms with Gasteiger partial charge < -0.3 is 9.84 Å². The highest BCUT2D eigenvalue weighted by molar-refractivity contribution is 5.89. The van der Waals surface area contributed by atoms with Gasteiger partial charge in [0.05, 0.1) is 6.61 Å². The number of hydrogen-bond donors (Lipinski definition) is 1. The molecule has 27 heavy (non-hydrogen) atoms. The number of alkyl halides is 6. The van der Waals surface area contributed by atoms with Crippen LogP contribution in [-0.2, 0) is 16.1 Å². The molecule has 0 heterocycles. The van der Waals surface area contributed by atoms with Crippen LogP contribution < -0.4 is 0 Å². The summed E-state index contributed by atoms with van der Waals surface area (Å²) < 4.78 is 83.0. The van der Waals surface area contributed by atoms with Crippen molar-refractivity contribution in [3.8, 4) is 0 Å². The van der Waals surface area contributed by atoms with E-state index in [1.165, 1.54) is 0 Å². The van der Waals surface area contributed by atoms with E-state index in [1.54, 1.807) is 30.3 Å². The summed E-state index contributed by atoms with van der Waals surface area (Å²) in [7, 11) is 0. The number of Topliss-reactive ketones (excluding diaryl/α,β-unsaturated/α-hetero) is 1. The van der Waals surface area contributed by atoms with Crippen molar-refractivity contribution in [1.29, 1.82) is 0 Å². The van der Waals surface area contributed by atoms with E-state index in [2.05, 4.69) is 0 Å². The number of aliphatic hydroxyl groups is 1. The van der Waals surface area contributed by atoms with Crippen molar-refractivity contribution in [2.75, 3.05) is 0 Å². The van der Waals surface area contributed by atoms with Gasteiger partial charge in [0, 0.05) is 5.92 Å². The normalized spacial score (nSPS) is 28.8. The second-order valence-corrected chi connectivity index (χ2v) is 7.28. The Bertz CT molecular complexity index is 671. The van der Waals surface area contributed by atoms with E-state index in [9.17, 15) is 36.2 Å². The molecule has 2 aliphatic rings. The van der Waals surface area contributed by atoms with Crippen LogP contribution in [0.25, 0.3) is 0 Å². The Kier molecular flexibility index (Phi) is 5.05. The number of hydrogen-bond acceptors (Lipinski definition) is 3. The fourth-order valence-corrected chi connectivity index (χ4v) is 4.18. The van der Waals surface area contributed by atoms with Crippen LogP contribution >= 0.6 is 0 Å². The molecule has 9 heteroatoms. The summed E-state index contributed by atoms with van der Waals surface area (Å²) in [4.78, 5) is 12.4. The van der Waals surface area contributed by atoms with Crippen LogP contribution in [-0.4, -0.2) is 34.9 Å². The number of carbonyl (C=O) groups is 1. The van der Waals surface area contributed by atoms with Gasteiger partial charge in [-0.15, -0.1) is 0 Å². The number of carbonyl (C=O) groups excluding carboxylic acids is 1. The summed E-state index contributed by atoms with van der Waals surface area (Å²) in [6.45, 7) is 0.139. The largest absolute Gasteiger partial charge is 0.426 e. The molecule has 1 N–H and O–H groups in total. The van der Waals surface area contributed by atoms with Crippen LogP contribution in [0.3, 0.4) is 0 Å². The maximum Gasteiger partial charge on any atom is 0.426 e. The van der Waals surface area contributed by atoms with Crippen molar-refractivity contribution >= 4 is 5.78 Å². The number of rotatable bonds is 5. The molecule has 2 bridgehead atoms. The van der Waals surface area contributed by atoms with Gasteiger partial charge in [0.2, 0.25) is 0 Å². The topological polar surface area (TPSA) is 46.5 Å². The first-order valence-corrected chi connectivity index (χ1v) is 8.49. The number of ketones is 1. The van der Waals surface area contributed by atoms with Gasteiger partial charge in [0.15, 0.2) is 5.78 Å². The number of halogens is 6. The van der Waals surface area contributed by atoms with Crippen molar-refractivity contribution in [2.24, 2.45) is 17.8 Å². The molecule has 3 rings (SSSR count). The molecule has 150 valence electrons. The molecule has 0 radical (unpaired) electrons. The molecule has 0 spiro atoms. The average molecular weight is 396 g/mol. The molecular formula is C18H18F6O3. The van der Waals surface area contributed by atoms with Crippen molar-refractivity contribution < 1.29 is 41.0 Å². The standard InChI is InChI=1S/C18H18F6O3/c19-17(20,21)16(26,18(22,23)24)8-12-6-11-7-13(12)14(25)15(11)27-9-10-4-2-1-3-5-10/h1-5,11-13,15,26H,6-9H2/t11-,12-,13-,15+/m0/s1. The number of fused-ring (bicyclic) bond motifs is 2. The van der Waals surface area contributed by atoms with E-state index in [1.807, 2.05) is 0 Å². The lowest BCUT2D eigenvalue weighted by Gasteiger charge is -2.37. The van der Waals surface area contributed by atoms with E-state index in [-0.39, 0.29) is 19.4 Å². The van der Waals surface area contributed by atoms with Gasteiger partial charge in [-0.2, -0.15) is 26.3 Å². The molecule has 0 amide bonds. The zero-order valence-corrected chi connectivity index (χ0v) is 14.1. The Hall–Kier alpha value is -1.61. The molecule has 4 atom stereocenters. The molecule has 0 aliphatic heterocycles. The highest BCUT2D eigenvalue weighted by Gasteiger charge is 2.71. The zero-order valence-electron chi connectivity index (χ0n) is 14.1. The summed E-state index contributed by atoms with van der Waals surface area (Å²) in [5, 5.41) is 9.38. The Morgan fingerprint density at radius 1 is 1.00 bits per heavy atom. The summed E-state index contributed by atoms with van der Waals surface area (Å²) in [6, 6.07) is 8.94. The number of ether oxygens (including phenoxy) is 1. The quantitative estimate of drug-likeness (QED) is 0.765. The average Bonchev–Trinajstić information content (AvgIpc) is 3.09. The van der Waals surface area contributed by atoms with Gasteiger partial charge in [-0.1, -0.05) is 30.3 Å². The van der Waals surface area contributed by atoms with Crippen LogP contribution in [0.4, 0.5) is 26.3 Å². The van der Waals surface area contributed by atoms with Gasteiger partial charge in [0.25, 0.3) is 5.60 Å². The van der Waals surface area contributed by atoms with E-state index < -0.39 is 54.0 Å². The summed E-state index contributed by atoms with van der Waals surface area (Å²) in [6.07, 6.45) is -13.9. The lowest BCUT2D eigenvalue weighted by Crippen LogP contribution is -2.58. The monoisotopic (exact) mass is 396 g/mol. The molecule has 2 saturated carbocycles. The van der Waals surface area contributed by atoms with Crippen molar-refractivity contribution in [2.45, 2.75) is 49.9 Å². The second-order valence-electron chi connectivity index (χ2n) is 7.28. The van der Waals surface area contributed by atoms with Crippen LogP contribution in [0.1, 0.15) is 24.8 Å². The third kappa shape index (κ3) is 3.59. The van der Waals surface area contributed by atoms with Gasteiger partial charge in [0.1, 0.15) is 6.10 Å². The summed E-state index contributed by atoms with van der Waals surface area (Å²) >= 11 is 0. The summed E-state index contributed by atoms with van der Waals surface area (Å²) in [5.74, 6) is -3.03. The van der Waals surface area contributed by atoms with Crippen LogP contribution in [0.15, 0.2) is 30.3 Å². The highest BCUT2D eigenvalue weighted by Crippen LogP contribution is 2.54. The minimum Gasteiger partial charge on any atom is -0.374 e. The van der Waals surface area contributed by atoms with Crippen molar-refractivity contribution in [3.63, 3.8) is 0 Å². The minimum absolute atomic E-state index is 0.00959. The molecule has 0 aromatic heterocycles. The molecule has 2 aliphatic carbocycles. The van der Waals surface area contributed by atoms with Crippen LogP contribution in [0.5, 0.6) is 0 Å². The van der Waals surface area contributed by atoms with Crippen LogP contribution in [0, 0.1) is 17.8 Å². The fourth-order valence-electron chi connectivity index (χ4n) is 4.18. The van der Waals surface area contributed by atoms with Gasteiger partial charge in [-0.05, 0) is 36.7 Å². The summed E-state index contributed by atoms with van der Waals surface area (Å²) in [5.41, 5.74) is -4.00. The Labute approximate surface area is 151 Å². The van der Waals surface area contributed by atoms with Gasteiger partial charge in [-0.25, -0.2) is 0 Å². The molecular weight excluding hydrogens is 378 g/mol. The molecule has 1 aromatic rings. The van der Waals surface area contributed by atoms with Crippen molar-refractivity contribution in [3.05, 3.63) is 35.9 Å². The molecule has 3 nitrogen and oxygen atoms in total. The maximum atomic E-state index is 12.9. The first kappa shape index (κ1) is 20.1. The molecule has 0 saturated heterocycles. The Morgan fingerprint density at radius 2 is 1.59 bits per heavy atom. The van der Waals surface area contributed by atoms with E-state index in [0.717, 1.165) is 5.56 Å². The fraction of sp³-hybridized carbons (Fsp3) is 0.611. The predicted molar refractivity (Wildman–Crippen MR) is 81.4 cm³/mol. The lowest BCUT2D eigenvalue weighted by molar-refractivity contribution is -0.373. The second kappa shape index (κ2) is 6.77. The van der Waals surface area contributed by atoms with Crippen LogP contribution in [0.2, 0.25) is 0 Å². The predicted octanol–water partition coefficient (Wildman–Crippen LogP) is 4.04. The molecule has 1 aromatic carbocycles. The minimum atomic E-state index is -5.86. The zero-order chi connectivity index (χ0) is 20.0. The highest BCUT2D eigenvalue weighted by atomic mass is 19.4. The molecule has 2 fully saturated rings. The number of benzene rings is 1. The van der Waals surface area contributed by atoms with Gasteiger partial charge in [-0.3, -0.25) is 4.79 Å². The third-order valence-corrected chi connectivity index (χ3v) is 5.57. The molecule has 0 unspecified atom stereocenters. The SMILES string of the molecule is O=C1[C@H]2C[C@H](C[C@H]2CC(O)(C(F)(F)F)C(F)(F)F)[C@H]1OCc1ccccc1. The van der Waals surface area contributed by atoms with E-state index in [0.29, 0.717) is 0 Å². The first-order valence-electron chi connectivity index (χ1n) is 8.49. The van der Waals surface area contributed by atoms with Crippen molar-refractivity contribution in [1.82, 2.24) is 0 Å². The maximum absolute atomic E-state index is 12.9.